The molecule has 0 spiro atoms. The van der Waals surface area contributed by atoms with Crippen molar-refractivity contribution in [3.63, 3.8) is 0 Å². The van der Waals surface area contributed by atoms with Gasteiger partial charge in [-0.1, -0.05) is 0 Å². The van der Waals surface area contributed by atoms with E-state index in [1.807, 2.05) is 6.92 Å². The number of hydrogen-bond donors (Lipinski definition) is 2. The molecule has 5 heteroatoms. The third kappa shape index (κ3) is 2.87. The van der Waals surface area contributed by atoms with Crippen LogP contribution in [0.5, 0.6) is 0 Å². The van der Waals surface area contributed by atoms with Crippen LogP contribution in [0.3, 0.4) is 0 Å². The highest BCUT2D eigenvalue weighted by molar-refractivity contribution is 5.57. The summed E-state index contributed by atoms with van der Waals surface area (Å²) in [4.78, 5) is 11.7. The molecule has 1 aliphatic carbocycles. The monoisotopic (exact) mass is 275 g/mol. The number of hydrogen-bond acceptors (Lipinski definition) is 5. The maximum atomic E-state index is 4.58. The number of aromatic nitrogens is 2. The van der Waals surface area contributed by atoms with E-state index < -0.39 is 0 Å². The molecule has 0 amide bonds. The van der Waals surface area contributed by atoms with Crippen LogP contribution < -0.4 is 10.6 Å². The van der Waals surface area contributed by atoms with Gasteiger partial charge in [0.25, 0.3) is 0 Å². The second-order valence-electron chi connectivity index (χ2n) is 5.98. The first-order valence-corrected chi connectivity index (χ1v) is 7.77. The molecular weight excluding hydrogens is 250 g/mol. The number of nitrogens with one attached hydrogen (secondary N) is 2. The first kappa shape index (κ1) is 13.6. The van der Waals surface area contributed by atoms with Gasteiger partial charge in [-0.15, -0.1) is 0 Å². The molecule has 110 valence electrons. The topological polar surface area (TPSA) is 53.1 Å². The summed E-state index contributed by atoms with van der Waals surface area (Å²) in [5.41, 5.74) is 1.13. The highest BCUT2D eigenvalue weighted by atomic mass is 15.2. The molecule has 1 aromatic rings. The Morgan fingerprint density at radius 1 is 1.15 bits per heavy atom. The van der Waals surface area contributed by atoms with Gasteiger partial charge >= 0.3 is 0 Å². The normalized spacial score (nSPS) is 23.1. The minimum Gasteiger partial charge on any atom is -0.370 e. The van der Waals surface area contributed by atoms with Crippen molar-refractivity contribution in [1.82, 2.24) is 14.9 Å². The first-order chi connectivity index (χ1) is 9.67. The Bertz CT molecular complexity index is 483. The van der Waals surface area contributed by atoms with E-state index in [2.05, 4.69) is 39.3 Å². The zero-order valence-corrected chi connectivity index (χ0v) is 12.7. The van der Waals surface area contributed by atoms with E-state index in [0.29, 0.717) is 6.04 Å². The summed E-state index contributed by atoms with van der Waals surface area (Å²) in [6.45, 7) is 9.41. The zero-order valence-electron chi connectivity index (χ0n) is 12.7. The fourth-order valence-electron chi connectivity index (χ4n) is 2.98. The van der Waals surface area contributed by atoms with E-state index >= 15 is 0 Å². The van der Waals surface area contributed by atoms with Crippen LogP contribution in [0.25, 0.3) is 0 Å². The quantitative estimate of drug-likeness (QED) is 0.862. The molecule has 0 radical (unpaired) electrons. The highest BCUT2D eigenvalue weighted by Gasteiger charge is 2.34. The van der Waals surface area contributed by atoms with Gasteiger partial charge in [0.15, 0.2) is 0 Å². The minimum absolute atomic E-state index is 0.526. The lowest BCUT2D eigenvalue weighted by Gasteiger charge is -2.18. The number of nitrogens with zero attached hydrogens (tertiary/aromatic N) is 3. The van der Waals surface area contributed by atoms with E-state index in [-0.39, 0.29) is 0 Å². The van der Waals surface area contributed by atoms with Crippen molar-refractivity contribution < 1.29 is 0 Å². The molecule has 20 heavy (non-hydrogen) atoms. The lowest BCUT2D eigenvalue weighted by Crippen LogP contribution is -2.28. The highest BCUT2D eigenvalue weighted by Crippen LogP contribution is 2.31. The molecule has 0 aromatic carbocycles. The van der Waals surface area contributed by atoms with Gasteiger partial charge in [-0.05, 0) is 40.0 Å². The Kier molecular flexibility index (Phi) is 3.78. The lowest BCUT2D eigenvalue weighted by atomic mass is 10.2. The number of aryl methyl sites for hydroxylation is 1. The molecule has 1 aliphatic heterocycles. The predicted octanol–water partition coefficient (Wildman–Crippen LogP) is 2.17. The Hall–Kier alpha value is -1.36. The van der Waals surface area contributed by atoms with Crippen molar-refractivity contribution in [2.45, 2.75) is 52.1 Å². The zero-order chi connectivity index (χ0) is 14.1. The van der Waals surface area contributed by atoms with Crippen LogP contribution in [0, 0.1) is 13.8 Å². The molecule has 2 fully saturated rings. The van der Waals surface area contributed by atoms with Crippen molar-refractivity contribution in [1.29, 1.82) is 0 Å². The summed E-state index contributed by atoms with van der Waals surface area (Å²) in [5.74, 6) is 2.78. The maximum Gasteiger partial charge on any atom is 0.135 e. The second-order valence-corrected chi connectivity index (χ2v) is 5.98. The molecule has 1 unspecified atom stereocenters. The Morgan fingerprint density at radius 2 is 1.90 bits per heavy atom. The van der Waals surface area contributed by atoms with Gasteiger partial charge in [0.1, 0.15) is 17.5 Å². The summed E-state index contributed by atoms with van der Waals surface area (Å²) >= 11 is 0. The van der Waals surface area contributed by atoms with Gasteiger partial charge in [-0.3, -0.25) is 4.90 Å². The van der Waals surface area contributed by atoms with Crippen LogP contribution in [-0.2, 0) is 0 Å². The molecule has 2 heterocycles. The summed E-state index contributed by atoms with van der Waals surface area (Å²) in [6.07, 6.45) is 4.00. The average Bonchev–Trinajstić information content (AvgIpc) is 3.16. The minimum atomic E-state index is 0.526. The molecule has 1 atom stereocenters. The van der Waals surface area contributed by atoms with Crippen LogP contribution in [0.15, 0.2) is 0 Å². The Morgan fingerprint density at radius 3 is 2.60 bits per heavy atom. The standard InChI is InChI=1S/C15H25N5/c1-4-16-14-10(2)15(18-11(3)17-14)19-12-7-8-20(9-12)13-5-6-13/h12-13H,4-9H2,1-3H3,(H2,16,17,18,19). The van der Waals surface area contributed by atoms with Crippen molar-refractivity contribution in [2.75, 3.05) is 30.3 Å². The maximum absolute atomic E-state index is 4.58. The molecule has 1 saturated heterocycles. The van der Waals surface area contributed by atoms with E-state index in [1.54, 1.807) is 0 Å². The van der Waals surface area contributed by atoms with Gasteiger partial charge in [0.2, 0.25) is 0 Å². The van der Waals surface area contributed by atoms with Crippen molar-refractivity contribution in [2.24, 2.45) is 0 Å². The van der Waals surface area contributed by atoms with E-state index in [0.717, 1.165) is 42.2 Å². The molecule has 0 bridgehead atoms. The van der Waals surface area contributed by atoms with Crippen molar-refractivity contribution in [3.8, 4) is 0 Å². The SMILES string of the molecule is CCNc1nc(C)nc(NC2CCN(C3CC3)C2)c1C. The van der Waals surface area contributed by atoms with Crippen molar-refractivity contribution >= 4 is 11.6 Å². The van der Waals surface area contributed by atoms with Crippen LogP contribution in [-0.4, -0.2) is 46.6 Å². The molecule has 3 rings (SSSR count). The smallest absolute Gasteiger partial charge is 0.135 e. The van der Waals surface area contributed by atoms with Gasteiger partial charge in [0.05, 0.1) is 0 Å². The Labute approximate surface area is 121 Å². The van der Waals surface area contributed by atoms with Gasteiger partial charge in [-0.25, -0.2) is 9.97 Å². The van der Waals surface area contributed by atoms with E-state index in [9.17, 15) is 0 Å². The summed E-state index contributed by atoms with van der Waals surface area (Å²) in [7, 11) is 0. The fourth-order valence-corrected chi connectivity index (χ4v) is 2.98. The molecular formula is C15H25N5. The van der Waals surface area contributed by atoms with Crippen molar-refractivity contribution in [3.05, 3.63) is 11.4 Å². The van der Waals surface area contributed by atoms with Crippen LogP contribution in [0.4, 0.5) is 11.6 Å². The summed E-state index contributed by atoms with van der Waals surface area (Å²) in [5, 5.41) is 6.95. The number of likely N-dealkylation sites (tertiary alicyclic amines) is 1. The largest absolute Gasteiger partial charge is 0.370 e. The predicted molar refractivity (Wildman–Crippen MR) is 82.3 cm³/mol. The second kappa shape index (κ2) is 5.56. The third-order valence-electron chi connectivity index (χ3n) is 4.23. The number of anilines is 2. The molecule has 1 aromatic heterocycles. The van der Waals surface area contributed by atoms with Gasteiger partial charge in [0, 0.05) is 37.3 Å². The van der Waals surface area contributed by atoms with Gasteiger partial charge in [-0.2, -0.15) is 0 Å². The van der Waals surface area contributed by atoms with E-state index in [4.69, 9.17) is 0 Å². The Balaban J connectivity index is 1.70. The third-order valence-corrected chi connectivity index (χ3v) is 4.23. The molecule has 2 N–H and O–H groups in total. The molecule has 5 nitrogen and oxygen atoms in total. The first-order valence-electron chi connectivity index (χ1n) is 7.77. The summed E-state index contributed by atoms with van der Waals surface area (Å²) < 4.78 is 0. The van der Waals surface area contributed by atoms with Gasteiger partial charge < -0.3 is 10.6 Å². The van der Waals surface area contributed by atoms with E-state index in [1.165, 1.54) is 25.8 Å². The van der Waals surface area contributed by atoms with Crippen LogP contribution >= 0.6 is 0 Å². The van der Waals surface area contributed by atoms with Crippen LogP contribution in [0.1, 0.15) is 37.6 Å². The molecule has 1 saturated carbocycles. The fraction of sp³-hybridized carbons (Fsp3) is 0.733. The summed E-state index contributed by atoms with van der Waals surface area (Å²) in [6, 6.07) is 1.39. The lowest BCUT2D eigenvalue weighted by molar-refractivity contribution is 0.326. The molecule has 2 aliphatic rings. The number of rotatable bonds is 5. The van der Waals surface area contributed by atoms with Crippen LogP contribution in [0.2, 0.25) is 0 Å². The average molecular weight is 275 g/mol.